The number of hydrogen-bond acceptors (Lipinski definition) is 2. The molecule has 1 saturated heterocycles. The first-order chi connectivity index (χ1) is 9.77. The van der Waals surface area contributed by atoms with E-state index in [-0.39, 0.29) is 18.0 Å². The smallest absolute Gasteiger partial charge is 0.347 e. The maximum atomic E-state index is 12.5. The second-order valence-corrected chi connectivity index (χ2v) is 5.77. The molecule has 0 spiro atoms. The predicted molar refractivity (Wildman–Crippen MR) is 73.6 cm³/mol. The van der Waals surface area contributed by atoms with Crippen molar-refractivity contribution >= 4 is 5.91 Å². The van der Waals surface area contributed by atoms with Crippen LogP contribution in [0.4, 0.5) is 13.2 Å². The van der Waals surface area contributed by atoms with Gasteiger partial charge in [0.15, 0.2) is 0 Å². The van der Waals surface area contributed by atoms with Crippen LogP contribution in [0.5, 0.6) is 0 Å². The van der Waals surface area contributed by atoms with Crippen molar-refractivity contribution < 1.29 is 18.0 Å². The van der Waals surface area contributed by atoms with Crippen LogP contribution in [-0.4, -0.2) is 18.5 Å². The van der Waals surface area contributed by atoms with Crippen molar-refractivity contribution in [3.8, 4) is 0 Å². The Hall–Kier alpha value is -1.56. The van der Waals surface area contributed by atoms with Gasteiger partial charge < -0.3 is 10.6 Å². The molecule has 0 bridgehead atoms. The predicted octanol–water partition coefficient (Wildman–Crippen LogP) is 2.88. The minimum atomic E-state index is -4.34. The normalized spacial score (nSPS) is 23.2. The highest BCUT2D eigenvalue weighted by atomic mass is 19.4. The van der Waals surface area contributed by atoms with E-state index in [4.69, 9.17) is 0 Å². The van der Waals surface area contributed by atoms with Crippen molar-refractivity contribution in [3.05, 3.63) is 35.4 Å². The number of rotatable bonds is 3. The molecule has 6 heteroatoms. The third-order valence-electron chi connectivity index (χ3n) is 3.55. The van der Waals surface area contributed by atoms with Gasteiger partial charge in [-0.2, -0.15) is 13.2 Å². The number of benzene rings is 1. The van der Waals surface area contributed by atoms with E-state index in [1.54, 1.807) is 0 Å². The van der Waals surface area contributed by atoms with Gasteiger partial charge in [-0.3, -0.25) is 4.79 Å². The van der Waals surface area contributed by atoms with Gasteiger partial charge in [0.1, 0.15) is 0 Å². The molecule has 1 amide bonds. The lowest BCUT2D eigenvalue weighted by atomic mass is 9.97. The molecule has 0 aliphatic carbocycles. The van der Waals surface area contributed by atoms with Crippen LogP contribution in [0.15, 0.2) is 24.3 Å². The van der Waals surface area contributed by atoms with E-state index >= 15 is 0 Å². The molecule has 2 atom stereocenters. The second kappa shape index (κ2) is 6.05. The standard InChI is InChI=1S/C15H19F3N2O/c1-9(2)7-12-14(21)20-13(8-19-12)10-3-5-11(6-4-10)15(16,17)18/h3-6,9,12-13,19H,7-8H2,1-2H3,(H,20,21)/t12-,13+/m0/s1. The molecule has 1 aliphatic rings. The Balaban J connectivity index is 2.03. The Kier molecular flexibility index (Phi) is 4.56. The van der Waals surface area contributed by atoms with Crippen molar-refractivity contribution in [3.63, 3.8) is 0 Å². The fourth-order valence-electron chi connectivity index (χ4n) is 2.44. The van der Waals surface area contributed by atoms with E-state index in [1.165, 1.54) is 12.1 Å². The van der Waals surface area contributed by atoms with Crippen molar-refractivity contribution in [2.24, 2.45) is 5.92 Å². The molecule has 1 aromatic carbocycles. The topological polar surface area (TPSA) is 41.1 Å². The third-order valence-corrected chi connectivity index (χ3v) is 3.55. The van der Waals surface area contributed by atoms with Crippen LogP contribution in [0, 0.1) is 5.92 Å². The van der Waals surface area contributed by atoms with Crippen LogP contribution in [0.2, 0.25) is 0 Å². The quantitative estimate of drug-likeness (QED) is 0.901. The maximum absolute atomic E-state index is 12.5. The van der Waals surface area contributed by atoms with Crippen LogP contribution in [0.3, 0.4) is 0 Å². The molecule has 1 fully saturated rings. The summed E-state index contributed by atoms with van der Waals surface area (Å²) in [5.41, 5.74) is -0.00845. The number of nitrogens with one attached hydrogen (secondary N) is 2. The molecule has 3 nitrogen and oxygen atoms in total. The summed E-state index contributed by atoms with van der Waals surface area (Å²) < 4.78 is 37.5. The van der Waals surface area contributed by atoms with Gasteiger partial charge in [-0.15, -0.1) is 0 Å². The molecular formula is C15H19F3N2O. The molecular weight excluding hydrogens is 281 g/mol. The SMILES string of the molecule is CC(C)C[C@@H]1NC[C@H](c2ccc(C(F)(F)F)cc2)NC1=O. The number of carbonyl (C=O) groups excluding carboxylic acids is 1. The number of alkyl halides is 3. The van der Waals surface area contributed by atoms with E-state index < -0.39 is 11.7 Å². The summed E-state index contributed by atoms with van der Waals surface area (Å²) in [6.07, 6.45) is -3.60. The zero-order valence-corrected chi connectivity index (χ0v) is 12.0. The Morgan fingerprint density at radius 2 is 1.86 bits per heavy atom. The molecule has 0 radical (unpaired) electrons. The van der Waals surface area contributed by atoms with Crippen LogP contribution in [-0.2, 0) is 11.0 Å². The third kappa shape index (κ3) is 3.97. The van der Waals surface area contributed by atoms with Crippen LogP contribution >= 0.6 is 0 Å². The van der Waals surface area contributed by atoms with E-state index in [9.17, 15) is 18.0 Å². The van der Waals surface area contributed by atoms with Gasteiger partial charge in [0.05, 0.1) is 17.6 Å². The zero-order chi connectivity index (χ0) is 15.6. The molecule has 2 N–H and O–H groups in total. The number of amides is 1. The van der Waals surface area contributed by atoms with Crippen molar-refractivity contribution in [1.29, 1.82) is 0 Å². The number of hydrogen-bond donors (Lipinski definition) is 2. The molecule has 21 heavy (non-hydrogen) atoms. The van der Waals surface area contributed by atoms with Crippen molar-refractivity contribution in [2.45, 2.75) is 38.5 Å². The van der Waals surface area contributed by atoms with Gasteiger partial charge in [-0.25, -0.2) is 0 Å². The summed E-state index contributed by atoms with van der Waals surface area (Å²) in [6, 6.07) is 4.40. The summed E-state index contributed by atoms with van der Waals surface area (Å²) in [5, 5.41) is 6.02. The highest BCUT2D eigenvalue weighted by molar-refractivity contribution is 5.83. The first kappa shape index (κ1) is 15.8. The second-order valence-electron chi connectivity index (χ2n) is 5.77. The van der Waals surface area contributed by atoms with Gasteiger partial charge in [-0.1, -0.05) is 26.0 Å². The van der Waals surface area contributed by atoms with Crippen molar-refractivity contribution in [2.75, 3.05) is 6.54 Å². The van der Waals surface area contributed by atoms with Crippen LogP contribution in [0.25, 0.3) is 0 Å². The number of piperazine rings is 1. The monoisotopic (exact) mass is 300 g/mol. The molecule has 0 aromatic heterocycles. The van der Waals surface area contributed by atoms with E-state index in [1.807, 2.05) is 13.8 Å². The molecule has 0 saturated carbocycles. The summed E-state index contributed by atoms with van der Waals surface area (Å²) in [7, 11) is 0. The number of carbonyl (C=O) groups is 1. The summed E-state index contributed by atoms with van der Waals surface area (Å²) in [6.45, 7) is 4.60. The lowest BCUT2D eigenvalue weighted by Gasteiger charge is -2.31. The average molecular weight is 300 g/mol. The van der Waals surface area contributed by atoms with Gasteiger partial charge in [-0.05, 0) is 30.0 Å². The van der Waals surface area contributed by atoms with Gasteiger partial charge in [0.25, 0.3) is 0 Å². The minimum absolute atomic E-state index is 0.0974. The lowest BCUT2D eigenvalue weighted by molar-refractivity contribution is -0.137. The van der Waals surface area contributed by atoms with Gasteiger partial charge in [0.2, 0.25) is 5.91 Å². The van der Waals surface area contributed by atoms with Gasteiger partial charge in [0, 0.05) is 6.54 Å². The molecule has 116 valence electrons. The Bertz CT molecular complexity index is 497. The van der Waals surface area contributed by atoms with E-state index in [0.717, 1.165) is 18.6 Å². The van der Waals surface area contributed by atoms with Crippen LogP contribution in [0.1, 0.15) is 37.4 Å². The van der Waals surface area contributed by atoms with E-state index in [2.05, 4.69) is 10.6 Å². The fraction of sp³-hybridized carbons (Fsp3) is 0.533. The summed E-state index contributed by atoms with van der Waals surface area (Å²) in [4.78, 5) is 12.0. The first-order valence-corrected chi connectivity index (χ1v) is 6.98. The summed E-state index contributed by atoms with van der Waals surface area (Å²) >= 11 is 0. The van der Waals surface area contributed by atoms with E-state index in [0.29, 0.717) is 18.0 Å². The molecule has 0 unspecified atom stereocenters. The largest absolute Gasteiger partial charge is 0.416 e. The van der Waals surface area contributed by atoms with Crippen molar-refractivity contribution in [1.82, 2.24) is 10.6 Å². The highest BCUT2D eigenvalue weighted by Gasteiger charge is 2.31. The average Bonchev–Trinajstić information content (AvgIpc) is 2.40. The molecule has 1 aromatic rings. The molecule has 2 rings (SSSR count). The molecule has 1 heterocycles. The summed E-state index contributed by atoms with van der Waals surface area (Å²) in [5.74, 6) is 0.302. The van der Waals surface area contributed by atoms with Crippen LogP contribution < -0.4 is 10.6 Å². The zero-order valence-electron chi connectivity index (χ0n) is 12.0. The Labute approximate surface area is 121 Å². The lowest BCUT2D eigenvalue weighted by Crippen LogP contribution is -2.54. The molecule has 1 aliphatic heterocycles. The van der Waals surface area contributed by atoms with Gasteiger partial charge >= 0.3 is 6.18 Å². The maximum Gasteiger partial charge on any atom is 0.416 e. The first-order valence-electron chi connectivity index (χ1n) is 6.98. The minimum Gasteiger partial charge on any atom is -0.347 e. The Morgan fingerprint density at radius 3 is 2.33 bits per heavy atom. The Morgan fingerprint density at radius 1 is 1.24 bits per heavy atom. The fourth-order valence-corrected chi connectivity index (χ4v) is 2.44. The number of halogens is 3. The highest BCUT2D eigenvalue weighted by Crippen LogP contribution is 2.30.